The molecule has 0 bridgehead atoms. The van der Waals surface area contributed by atoms with Gasteiger partial charge in [0.15, 0.2) is 6.61 Å². The van der Waals surface area contributed by atoms with Gasteiger partial charge in [0.05, 0.1) is 25.2 Å². The normalized spacial score (nSPS) is 19.7. The van der Waals surface area contributed by atoms with E-state index >= 15 is 0 Å². The van der Waals surface area contributed by atoms with Crippen LogP contribution in [-0.4, -0.2) is 35.5 Å². The number of carbonyl (C=O) groups is 1. The second kappa shape index (κ2) is 9.11. The quantitative estimate of drug-likeness (QED) is 0.606. The van der Waals surface area contributed by atoms with Crippen molar-refractivity contribution in [2.24, 2.45) is 5.10 Å². The smallest absolute Gasteiger partial charge is 0.281 e. The first-order valence-electron chi connectivity index (χ1n) is 11.1. The zero-order valence-electron chi connectivity index (χ0n) is 18.4. The van der Waals surface area contributed by atoms with Crippen molar-refractivity contribution in [3.05, 3.63) is 83.3 Å². The second-order valence-electron chi connectivity index (χ2n) is 8.27. The molecular weight excluding hydrogens is 420 g/mol. The van der Waals surface area contributed by atoms with E-state index in [0.29, 0.717) is 17.9 Å². The summed E-state index contributed by atoms with van der Waals surface area (Å²) in [6, 6.07) is 16.6. The summed E-state index contributed by atoms with van der Waals surface area (Å²) in [6.07, 6.45) is 4.13. The number of hydrogen-bond acceptors (Lipinski definition) is 6. The van der Waals surface area contributed by atoms with E-state index in [4.69, 9.17) is 13.9 Å². The molecule has 0 spiro atoms. The van der Waals surface area contributed by atoms with Crippen molar-refractivity contribution in [1.82, 2.24) is 5.01 Å². The standard InChI is InChI=1S/C26H26N2O5/c1-31-18-12-10-17(11-13-18)21-15-22(25-9-4-14-32-25)28(27-21)26(30)16-33-24-8-3-5-19-20(24)6-2-7-23(19)29/h3-5,8-14,22-23,29H,2,6-7,15-16H2,1H3/t22-,23+/m0/s1. The van der Waals surface area contributed by atoms with Gasteiger partial charge in [0.2, 0.25) is 0 Å². The number of fused-ring (bicyclic) bond motifs is 1. The fourth-order valence-corrected chi connectivity index (χ4v) is 4.53. The lowest BCUT2D eigenvalue weighted by atomic mass is 9.89. The number of benzene rings is 2. The molecular formula is C26H26N2O5. The van der Waals surface area contributed by atoms with Gasteiger partial charge in [-0.2, -0.15) is 5.10 Å². The minimum Gasteiger partial charge on any atom is -0.497 e. The van der Waals surface area contributed by atoms with Crippen LogP contribution in [0.25, 0.3) is 0 Å². The maximum Gasteiger partial charge on any atom is 0.281 e. The highest BCUT2D eigenvalue weighted by Crippen LogP contribution is 2.36. The molecule has 2 atom stereocenters. The highest BCUT2D eigenvalue weighted by molar-refractivity contribution is 6.03. The lowest BCUT2D eigenvalue weighted by Gasteiger charge is -2.24. The first kappa shape index (κ1) is 21.3. The van der Waals surface area contributed by atoms with Gasteiger partial charge in [-0.15, -0.1) is 0 Å². The Hall–Kier alpha value is -3.58. The molecule has 0 saturated heterocycles. The number of methoxy groups -OCH3 is 1. The number of rotatable bonds is 6. The van der Waals surface area contributed by atoms with Crippen LogP contribution >= 0.6 is 0 Å². The van der Waals surface area contributed by atoms with E-state index in [1.165, 1.54) is 5.01 Å². The Morgan fingerprint density at radius 1 is 1.18 bits per heavy atom. The van der Waals surface area contributed by atoms with Crippen LogP contribution in [0.2, 0.25) is 0 Å². The maximum absolute atomic E-state index is 13.2. The summed E-state index contributed by atoms with van der Waals surface area (Å²) in [7, 11) is 1.63. The van der Waals surface area contributed by atoms with E-state index < -0.39 is 6.10 Å². The van der Waals surface area contributed by atoms with Crippen LogP contribution in [0.3, 0.4) is 0 Å². The maximum atomic E-state index is 13.2. The number of amides is 1. The van der Waals surface area contributed by atoms with Gasteiger partial charge in [-0.1, -0.05) is 12.1 Å². The third kappa shape index (κ3) is 4.24. The number of carbonyl (C=O) groups excluding carboxylic acids is 1. The number of aliphatic hydroxyl groups excluding tert-OH is 1. The summed E-state index contributed by atoms with van der Waals surface area (Å²) < 4.78 is 16.8. The fourth-order valence-electron chi connectivity index (χ4n) is 4.53. The number of furan rings is 1. The monoisotopic (exact) mass is 446 g/mol. The van der Waals surface area contributed by atoms with Crippen LogP contribution in [0.4, 0.5) is 0 Å². The zero-order chi connectivity index (χ0) is 22.8. The van der Waals surface area contributed by atoms with E-state index in [1.54, 1.807) is 19.4 Å². The Balaban J connectivity index is 1.36. The Morgan fingerprint density at radius 2 is 2.03 bits per heavy atom. The largest absolute Gasteiger partial charge is 0.497 e. The molecule has 0 unspecified atom stereocenters. The number of hydrazone groups is 1. The van der Waals surface area contributed by atoms with Crippen molar-refractivity contribution < 1.29 is 23.8 Å². The summed E-state index contributed by atoms with van der Waals surface area (Å²) in [5.41, 5.74) is 3.60. The van der Waals surface area contributed by atoms with Crippen molar-refractivity contribution in [2.75, 3.05) is 13.7 Å². The van der Waals surface area contributed by atoms with Gasteiger partial charge >= 0.3 is 0 Å². The van der Waals surface area contributed by atoms with Gasteiger partial charge in [0.25, 0.3) is 5.91 Å². The molecule has 7 heteroatoms. The van der Waals surface area contributed by atoms with Crippen molar-refractivity contribution in [1.29, 1.82) is 0 Å². The Bertz CT molecular complexity index is 1150. The Labute approximate surface area is 192 Å². The molecule has 1 aliphatic heterocycles. The average molecular weight is 447 g/mol. The van der Waals surface area contributed by atoms with E-state index in [1.807, 2.05) is 48.5 Å². The molecule has 0 radical (unpaired) electrons. The summed E-state index contributed by atoms with van der Waals surface area (Å²) in [5.74, 6) is 1.83. The third-order valence-corrected chi connectivity index (χ3v) is 6.24. The van der Waals surface area contributed by atoms with Crippen molar-refractivity contribution in [2.45, 2.75) is 37.8 Å². The van der Waals surface area contributed by atoms with Gasteiger partial charge in [-0.25, -0.2) is 5.01 Å². The van der Waals surface area contributed by atoms with Crippen LogP contribution in [0.1, 0.15) is 53.9 Å². The minimum absolute atomic E-state index is 0.150. The van der Waals surface area contributed by atoms with Crippen LogP contribution in [0.15, 0.2) is 70.4 Å². The number of ether oxygens (including phenoxy) is 2. The molecule has 2 heterocycles. The molecule has 7 nitrogen and oxygen atoms in total. The molecule has 33 heavy (non-hydrogen) atoms. The summed E-state index contributed by atoms with van der Waals surface area (Å²) in [6.45, 7) is -0.150. The minimum atomic E-state index is -0.480. The highest BCUT2D eigenvalue weighted by Gasteiger charge is 2.35. The molecule has 1 N–H and O–H groups in total. The van der Waals surface area contributed by atoms with E-state index in [2.05, 4.69) is 5.10 Å². The summed E-state index contributed by atoms with van der Waals surface area (Å²) >= 11 is 0. The summed E-state index contributed by atoms with van der Waals surface area (Å²) in [5, 5.41) is 16.4. The van der Waals surface area contributed by atoms with Crippen molar-refractivity contribution >= 4 is 11.6 Å². The molecule has 2 aromatic carbocycles. The third-order valence-electron chi connectivity index (χ3n) is 6.24. The predicted octanol–water partition coefficient (Wildman–Crippen LogP) is 4.41. The van der Waals surface area contributed by atoms with E-state index in [9.17, 15) is 9.90 Å². The molecule has 1 aliphatic carbocycles. The molecule has 0 fully saturated rings. The van der Waals surface area contributed by atoms with Crippen LogP contribution < -0.4 is 9.47 Å². The molecule has 2 aliphatic rings. The first-order chi connectivity index (χ1) is 16.1. The fraction of sp³-hybridized carbons (Fsp3) is 0.308. The van der Waals surface area contributed by atoms with Gasteiger partial charge in [0, 0.05) is 6.42 Å². The molecule has 1 amide bonds. The first-order valence-corrected chi connectivity index (χ1v) is 11.1. The topological polar surface area (TPSA) is 84.5 Å². The lowest BCUT2D eigenvalue weighted by Crippen LogP contribution is -2.31. The van der Waals surface area contributed by atoms with E-state index in [-0.39, 0.29) is 18.6 Å². The number of aliphatic hydroxyl groups is 1. The Morgan fingerprint density at radius 3 is 2.79 bits per heavy atom. The van der Waals surface area contributed by atoms with E-state index in [0.717, 1.165) is 47.4 Å². The molecule has 5 rings (SSSR count). The van der Waals surface area contributed by atoms with Gasteiger partial charge < -0.3 is 19.0 Å². The molecule has 1 aromatic heterocycles. The van der Waals surface area contributed by atoms with Crippen LogP contribution in [0, 0.1) is 0 Å². The van der Waals surface area contributed by atoms with Crippen LogP contribution in [-0.2, 0) is 11.2 Å². The molecule has 0 saturated carbocycles. The van der Waals surface area contributed by atoms with Crippen LogP contribution in [0.5, 0.6) is 11.5 Å². The van der Waals surface area contributed by atoms with Gasteiger partial charge in [0.1, 0.15) is 23.3 Å². The Kier molecular flexibility index (Phi) is 5.88. The second-order valence-corrected chi connectivity index (χ2v) is 8.27. The van der Waals surface area contributed by atoms with Crippen molar-refractivity contribution in [3.8, 4) is 11.5 Å². The number of nitrogens with zero attached hydrogens (tertiary/aromatic N) is 2. The summed E-state index contributed by atoms with van der Waals surface area (Å²) in [4.78, 5) is 13.2. The molecule has 170 valence electrons. The highest BCUT2D eigenvalue weighted by atomic mass is 16.5. The lowest BCUT2D eigenvalue weighted by molar-refractivity contribution is -0.135. The van der Waals surface area contributed by atoms with Gasteiger partial charge in [-0.3, -0.25) is 4.79 Å². The average Bonchev–Trinajstić information content (AvgIpc) is 3.53. The SMILES string of the molecule is COc1ccc(C2=NN(C(=O)COc3cccc4c3CCC[C@H]4O)[C@H](c3ccco3)C2)cc1. The molecule has 3 aromatic rings. The zero-order valence-corrected chi connectivity index (χ0v) is 18.4. The predicted molar refractivity (Wildman–Crippen MR) is 122 cm³/mol. The van der Waals surface area contributed by atoms with Crippen molar-refractivity contribution in [3.63, 3.8) is 0 Å². The number of hydrogen-bond donors (Lipinski definition) is 1. The van der Waals surface area contributed by atoms with Gasteiger partial charge in [-0.05, 0) is 78.4 Å².